The molecule has 0 saturated carbocycles. The zero-order valence-corrected chi connectivity index (χ0v) is 14.5. The Morgan fingerprint density at radius 1 is 1.44 bits per heavy atom. The third kappa shape index (κ3) is 4.57. The number of likely N-dealkylation sites (tertiary alicyclic amines) is 1. The van der Waals surface area contributed by atoms with Crippen molar-refractivity contribution in [3.63, 3.8) is 0 Å². The van der Waals surface area contributed by atoms with E-state index in [9.17, 15) is 4.79 Å². The Morgan fingerprint density at radius 2 is 2.32 bits per heavy atom. The first-order valence-electron chi connectivity index (χ1n) is 8.73. The number of aryl methyl sites for hydroxylation is 1. The van der Waals surface area contributed by atoms with Crippen LogP contribution in [0.15, 0.2) is 36.9 Å². The summed E-state index contributed by atoms with van der Waals surface area (Å²) in [5.41, 5.74) is 5.46. The minimum Gasteiger partial charge on any atom is -0.488 e. The molecular weight excluding hydrogens is 318 g/mol. The molecule has 0 bridgehead atoms. The fourth-order valence-corrected chi connectivity index (χ4v) is 3.41. The highest BCUT2D eigenvalue weighted by Gasteiger charge is 2.32. The number of imidazole rings is 1. The van der Waals surface area contributed by atoms with Crippen LogP contribution in [-0.4, -0.2) is 44.5 Å². The van der Waals surface area contributed by atoms with Crippen LogP contribution in [0.1, 0.15) is 25.6 Å². The van der Waals surface area contributed by atoms with E-state index in [1.165, 1.54) is 0 Å². The monoisotopic (exact) mass is 343 g/mol. The molecule has 25 heavy (non-hydrogen) atoms. The molecular formula is C18H25N5O2. The molecule has 2 atom stereocenters. The van der Waals surface area contributed by atoms with E-state index in [1.807, 2.05) is 24.5 Å². The Hall–Kier alpha value is -2.41. The van der Waals surface area contributed by atoms with Gasteiger partial charge in [0, 0.05) is 50.6 Å². The van der Waals surface area contributed by atoms with Crippen molar-refractivity contribution >= 4 is 5.91 Å². The number of carbonyl (C=O) groups is 1. The first-order valence-corrected chi connectivity index (χ1v) is 8.73. The molecule has 1 saturated heterocycles. The van der Waals surface area contributed by atoms with Crippen LogP contribution in [0.5, 0.6) is 5.75 Å². The highest BCUT2D eigenvalue weighted by atomic mass is 16.5. The zero-order valence-electron chi connectivity index (χ0n) is 14.5. The fraction of sp³-hybridized carbons (Fsp3) is 0.500. The van der Waals surface area contributed by atoms with Crippen LogP contribution in [0.2, 0.25) is 0 Å². The van der Waals surface area contributed by atoms with Gasteiger partial charge < -0.3 is 15.0 Å². The van der Waals surface area contributed by atoms with Crippen molar-refractivity contribution in [1.29, 1.82) is 0 Å². The Bertz CT molecular complexity index is 688. The SMILES string of the molecule is CCn1ccnc1CN1CC[C@@H](Oc2cccnc2)[C@H](CC(N)=O)C1. The zero-order chi connectivity index (χ0) is 17.6. The lowest BCUT2D eigenvalue weighted by Crippen LogP contribution is -2.46. The molecule has 7 nitrogen and oxygen atoms in total. The second kappa shape index (κ2) is 8.11. The molecule has 0 aliphatic carbocycles. The number of piperidine rings is 1. The van der Waals surface area contributed by atoms with Crippen LogP contribution < -0.4 is 10.5 Å². The van der Waals surface area contributed by atoms with Crippen molar-refractivity contribution in [3.8, 4) is 5.75 Å². The summed E-state index contributed by atoms with van der Waals surface area (Å²) in [6.45, 7) is 5.45. The summed E-state index contributed by atoms with van der Waals surface area (Å²) in [6, 6.07) is 3.73. The van der Waals surface area contributed by atoms with Crippen LogP contribution in [0.25, 0.3) is 0 Å². The van der Waals surface area contributed by atoms with Crippen molar-refractivity contribution in [1.82, 2.24) is 19.4 Å². The van der Waals surface area contributed by atoms with Crippen LogP contribution in [-0.2, 0) is 17.9 Å². The predicted octanol–water partition coefficient (Wildman–Crippen LogP) is 1.44. The number of carbonyl (C=O) groups excluding carboxylic acids is 1. The third-order valence-corrected chi connectivity index (χ3v) is 4.64. The van der Waals surface area contributed by atoms with Gasteiger partial charge in [0.25, 0.3) is 0 Å². The number of amides is 1. The van der Waals surface area contributed by atoms with Crippen LogP contribution >= 0.6 is 0 Å². The minimum atomic E-state index is -0.290. The Morgan fingerprint density at radius 3 is 3.04 bits per heavy atom. The van der Waals surface area contributed by atoms with E-state index in [1.54, 1.807) is 12.4 Å². The van der Waals surface area contributed by atoms with Gasteiger partial charge in [-0.15, -0.1) is 0 Å². The maximum absolute atomic E-state index is 11.5. The molecule has 2 aromatic heterocycles. The topological polar surface area (TPSA) is 86.3 Å². The Kier molecular flexibility index (Phi) is 5.65. The van der Waals surface area contributed by atoms with E-state index >= 15 is 0 Å². The van der Waals surface area contributed by atoms with Crippen LogP contribution in [0.3, 0.4) is 0 Å². The molecule has 0 radical (unpaired) electrons. The van der Waals surface area contributed by atoms with Crippen molar-refractivity contribution in [2.24, 2.45) is 11.7 Å². The number of nitrogens with two attached hydrogens (primary N) is 1. The summed E-state index contributed by atoms with van der Waals surface area (Å²) < 4.78 is 8.22. The number of ether oxygens (including phenoxy) is 1. The lowest BCUT2D eigenvalue weighted by atomic mass is 9.91. The van der Waals surface area contributed by atoms with E-state index in [-0.39, 0.29) is 17.9 Å². The van der Waals surface area contributed by atoms with E-state index < -0.39 is 0 Å². The van der Waals surface area contributed by atoms with Gasteiger partial charge in [0.2, 0.25) is 5.91 Å². The van der Waals surface area contributed by atoms with Crippen molar-refractivity contribution < 1.29 is 9.53 Å². The van der Waals surface area contributed by atoms with E-state index in [2.05, 4.69) is 26.4 Å². The largest absolute Gasteiger partial charge is 0.488 e. The first kappa shape index (κ1) is 17.4. The van der Waals surface area contributed by atoms with Gasteiger partial charge in [-0.2, -0.15) is 0 Å². The maximum atomic E-state index is 11.5. The maximum Gasteiger partial charge on any atom is 0.217 e. The quantitative estimate of drug-likeness (QED) is 0.822. The van der Waals surface area contributed by atoms with Crippen molar-refractivity contribution in [2.45, 2.75) is 39.0 Å². The summed E-state index contributed by atoms with van der Waals surface area (Å²) >= 11 is 0. The average molecular weight is 343 g/mol. The second-order valence-corrected chi connectivity index (χ2v) is 6.43. The standard InChI is InChI=1S/C18H25N5O2/c1-2-23-9-7-21-18(23)13-22-8-5-16(14(12-22)10-17(19)24)25-15-4-3-6-20-11-15/h3-4,6-7,9,11,14,16H,2,5,8,10,12-13H2,1H3,(H2,19,24)/t14-,16-/m1/s1. The number of rotatable bonds is 7. The molecule has 1 amide bonds. The summed E-state index contributed by atoms with van der Waals surface area (Å²) in [4.78, 5) is 22.4. The van der Waals surface area contributed by atoms with Crippen LogP contribution in [0.4, 0.5) is 0 Å². The first-order chi connectivity index (χ1) is 12.2. The normalized spacial score (nSPS) is 21.2. The molecule has 0 spiro atoms. The lowest BCUT2D eigenvalue weighted by molar-refractivity contribution is -0.120. The minimum absolute atomic E-state index is 0.0288. The van der Waals surface area contributed by atoms with E-state index in [4.69, 9.17) is 10.5 Å². The molecule has 0 unspecified atom stereocenters. The van der Waals surface area contributed by atoms with Gasteiger partial charge in [0.15, 0.2) is 0 Å². The molecule has 0 aromatic carbocycles. The Balaban J connectivity index is 1.66. The van der Waals surface area contributed by atoms with Gasteiger partial charge in [0.05, 0.1) is 12.7 Å². The van der Waals surface area contributed by atoms with E-state index in [0.29, 0.717) is 6.42 Å². The van der Waals surface area contributed by atoms with Gasteiger partial charge >= 0.3 is 0 Å². The fourth-order valence-electron chi connectivity index (χ4n) is 3.41. The summed E-state index contributed by atoms with van der Waals surface area (Å²) in [7, 11) is 0. The number of hydrogen-bond acceptors (Lipinski definition) is 5. The van der Waals surface area contributed by atoms with Gasteiger partial charge in [-0.05, 0) is 25.5 Å². The molecule has 1 aliphatic heterocycles. The van der Waals surface area contributed by atoms with Crippen LogP contribution in [0, 0.1) is 5.92 Å². The lowest BCUT2D eigenvalue weighted by Gasteiger charge is -2.38. The summed E-state index contributed by atoms with van der Waals surface area (Å²) in [5.74, 6) is 1.56. The van der Waals surface area contributed by atoms with Crippen molar-refractivity contribution in [3.05, 3.63) is 42.7 Å². The molecule has 7 heteroatoms. The number of pyridine rings is 1. The third-order valence-electron chi connectivity index (χ3n) is 4.64. The highest BCUT2D eigenvalue weighted by Crippen LogP contribution is 2.26. The van der Waals surface area contributed by atoms with Gasteiger partial charge in [-0.25, -0.2) is 4.98 Å². The molecule has 2 aromatic rings. The molecule has 1 fully saturated rings. The molecule has 2 N–H and O–H groups in total. The number of primary amides is 1. The van der Waals surface area contributed by atoms with Gasteiger partial charge in [0.1, 0.15) is 17.7 Å². The number of nitrogens with zero attached hydrogens (tertiary/aromatic N) is 4. The molecule has 3 heterocycles. The average Bonchev–Trinajstić information content (AvgIpc) is 3.05. The Labute approximate surface area is 147 Å². The van der Waals surface area contributed by atoms with Crippen molar-refractivity contribution in [2.75, 3.05) is 13.1 Å². The highest BCUT2D eigenvalue weighted by molar-refractivity contribution is 5.74. The molecule has 3 rings (SSSR count). The number of aromatic nitrogens is 3. The van der Waals surface area contributed by atoms with E-state index in [0.717, 1.165) is 44.2 Å². The summed E-state index contributed by atoms with van der Waals surface area (Å²) in [5, 5.41) is 0. The summed E-state index contributed by atoms with van der Waals surface area (Å²) in [6.07, 6.45) is 8.38. The smallest absolute Gasteiger partial charge is 0.217 e. The van der Waals surface area contributed by atoms with Gasteiger partial charge in [-0.3, -0.25) is 14.7 Å². The molecule has 134 valence electrons. The molecule has 1 aliphatic rings. The predicted molar refractivity (Wildman–Crippen MR) is 93.7 cm³/mol. The number of hydrogen-bond donors (Lipinski definition) is 1. The second-order valence-electron chi connectivity index (χ2n) is 6.43. The van der Waals surface area contributed by atoms with Gasteiger partial charge in [-0.1, -0.05) is 0 Å².